The maximum atomic E-state index is 12.9. The van der Waals surface area contributed by atoms with Crippen molar-refractivity contribution in [1.82, 2.24) is 20.9 Å². The highest BCUT2D eigenvalue weighted by atomic mass is 16.4. The number of benzene rings is 1. The number of aromatic nitrogens is 1. The number of carboxylic acids is 3. The average molecular weight is 550 g/mol. The van der Waals surface area contributed by atoms with Gasteiger partial charge >= 0.3 is 17.9 Å². The van der Waals surface area contributed by atoms with Crippen molar-refractivity contribution in [2.75, 3.05) is 0 Å². The minimum absolute atomic E-state index is 0.127. The molecule has 0 aliphatic carbocycles. The van der Waals surface area contributed by atoms with Gasteiger partial charge in [-0.3, -0.25) is 24.0 Å². The van der Waals surface area contributed by atoms with Crippen LogP contribution in [0.2, 0.25) is 0 Å². The van der Waals surface area contributed by atoms with Gasteiger partial charge in [0.15, 0.2) is 0 Å². The van der Waals surface area contributed by atoms with Crippen molar-refractivity contribution in [1.29, 1.82) is 0 Å². The van der Waals surface area contributed by atoms with Gasteiger partial charge in [0, 0.05) is 29.9 Å². The van der Waals surface area contributed by atoms with Crippen LogP contribution in [0.15, 0.2) is 30.5 Å². The summed E-state index contributed by atoms with van der Waals surface area (Å²) < 4.78 is 0. The number of hydrogen-bond donors (Lipinski definition) is 9. The van der Waals surface area contributed by atoms with Crippen molar-refractivity contribution in [2.24, 2.45) is 5.73 Å². The monoisotopic (exact) mass is 549 g/mol. The zero-order valence-electron chi connectivity index (χ0n) is 20.9. The molecule has 2 rings (SSSR count). The van der Waals surface area contributed by atoms with E-state index in [1.807, 2.05) is 0 Å². The fourth-order valence-corrected chi connectivity index (χ4v) is 3.71. The summed E-state index contributed by atoms with van der Waals surface area (Å²) in [5.74, 6) is -7.31. The van der Waals surface area contributed by atoms with Crippen LogP contribution >= 0.6 is 0 Å². The number of aliphatic hydroxyl groups is 1. The van der Waals surface area contributed by atoms with Crippen molar-refractivity contribution < 1.29 is 49.2 Å². The number of aliphatic carboxylic acids is 3. The molecule has 10 N–H and O–H groups in total. The van der Waals surface area contributed by atoms with E-state index >= 15 is 0 Å². The molecule has 3 amide bonds. The maximum Gasteiger partial charge on any atom is 0.326 e. The highest BCUT2D eigenvalue weighted by Gasteiger charge is 2.34. The van der Waals surface area contributed by atoms with Crippen LogP contribution in [-0.2, 0) is 35.2 Å². The summed E-state index contributed by atoms with van der Waals surface area (Å²) in [6.07, 6.45) is -1.73. The summed E-state index contributed by atoms with van der Waals surface area (Å²) in [6, 6.07) is 0.857. The molecule has 5 unspecified atom stereocenters. The summed E-state index contributed by atoms with van der Waals surface area (Å²) in [6.45, 7) is 1.15. The molecular formula is C24H31N5O10. The van der Waals surface area contributed by atoms with E-state index in [1.165, 1.54) is 0 Å². The van der Waals surface area contributed by atoms with Crippen molar-refractivity contribution in [3.63, 3.8) is 0 Å². The summed E-state index contributed by atoms with van der Waals surface area (Å²) in [4.78, 5) is 74.8. The van der Waals surface area contributed by atoms with E-state index in [0.717, 1.165) is 17.8 Å². The fraction of sp³-hybridized carbons (Fsp3) is 0.417. The van der Waals surface area contributed by atoms with Crippen LogP contribution < -0.4 is 21.7 Å². The molecule has 5 atom stereocenters. The number of carbonyl (C=O) groups is 6. The Kier molecular flexibility index (Phi) is 10.9. The third-order valence-corrected chi connectivity index (χ3v) is 5.79. The van der Waals surface area contributed by atoms with Gasteiger partial charge < -0.3 is 47.1 Å². The van der Waals surface area contributed by atoms with Gasteiger partial charge in [-0.25, -0.2) is 4.79 Å². The lowest BCUT2D eigenvalue weighted by Gasteiger charge is -2.26. The normalized spacial score (nSPS) is 14.8. The second kappa shape index (κ2) is 13.9. The molecule has 0 spiro atoms. The Morgan fingerprint density at radius 2 is 1.54 bits per heavy atom. The number of rotatable bonds is 15. The number of aliphatic hydroxyl groups excluding tert-OH is 1. The lowest BCUT2D eigenvalue weighted by atomic mass is 10.0. The van der Waals surface area contributed by atoms with Gasteiger partial charge in [0.05, 0.1) is 18.6 Å². The number of carboxylic acid groups (broad SMARTS) is 3. The van der Waals surface area contributed by atoms with Crippen LogP contribution in [-0.4, -0.2) is 91.3 Å². The smallest absolute Gasteiger partial charge is 0.326 e. The lowest BCUT2D eigenvalue weighted by molar-refractivity contribution is -0.144. The van der Waals surface area contributed by atoms with Crippen LogP contribution in [0.1, 0.15) is 31.7 Å². The molecule has 1 heterocycles. The molecule has 0 bridgehead atoms. The van der Waals surface area contributed by atoms with Crippen LogP contribution in [0.25, 0.3) is 10.9 Å². The summed E-state index contributed by atoms with van der Waals surface area (Å²) in [5, 5.41) is 44.9. The molecular weight excluding hydrogens is 518 g/mol. The van der Waals surface area contributed by atoms with E-state index in [1.54, 1.807) is 30.5 Å². The first-order valence-electron chi connectivity index (χ1n) is 11.9. The zero-order chi connectivity index (χ0) is 29.3. The summed E-state index contributed by atoms with van der Waals surface area (Å²) in [7, 11) is 0. The van der Waals surface area contributed by atoms with E-state index in [0.29, 0.717) is 5.56 Å². The first-order chi connectivity index (χ1) is 18.3. The predicted molar refractivity (Wildman–Crippen MR) is 134 cm³/mol. The van der Waals surface area contributed by atoms with Crippen LogP contribution in [0, 0.1) is 0 Å². The molecule has 15 heteroatoms. The molecule has 39 heavy (non-hydrogen) atoms. The van der Waals surface area contributed by atoms with Crippen molar-refractivity contribution in [3.8, 4) is 0 Å². The van der Waals surface area contributed by atoms with Crippen molar-refractivity contribution in [2.45, 2.75) is 62.9 Å². The molecule has 1 aromatic heterocycles. The van der Waals surface area contributed by atoms with E-state index in [-0.39, 0.29) is 12.8 Å². The van der Waals surface area contributed by atoms with Gasteiger partial charge in [-0.1, -0.05) is 18.2 Å². The largest absolute Gasteiger partial charge is 0.481 e. The Bertz CT molecular complexity index is 1230. The Hall–Kier alpha value is -4.50. The number of H-pyrrole nitrogens is 1. The molecule has 0 radical (unpaired) electrons. The van der Waals surface area contributed by atoms with E-state index in [4.69, 9.17) is 15.9 Å². The molecule has 0 aliphatic heterocycles. The summed E-state index contributed by atoms with van der Waals surface area (Å²) in [5.41, 5.74) is 6.95. The van der Waals surface area contributed by atoms with Gasteiger partial charge in [-0.05, 0) is 25.0 Å². The number of carbonyl (C=O) groups excluding carboxylic acids is 3. The number of fused-ring (bicyclic) bond motifs is 1. The zero-order valence-corrected chi connectivity index (χ0v) is 20.9. The standard InChI is InChI=1S/C24H31N5O10/c1-11(30)20(29-22(36)16(9-19(33)34)27-21(35)14(25)6-7-18(31)32)23(37)28-17(24(38)39)8-12-10-26-15-5-3-2-4-13(12)15/h2-5,10-11,14,16-17,20,26,30H,6-9,25H2,1H3,(H,27,35)(H,28,37)(H,29,36)(H,31,32)(H,33,34)(H,38,39). The summed E-state index contributed by atoms with van der Waals surface area (Å²) >= 11 is 0. The van der Waals surface area contributed by atoms with Crippen molar-refractivity contribution >= 4 is 46.5 Å². The van der Waals surface area contributed by atoms with Crippen LogP contribution in [0.3, 0.4) is 0 Å². The highest BCUT2D eigenvalue weighted by molar-refractivity contribution is 5.96. The highest BCUT2D eigenvalue weighted by Crippen LogP contribution is 2.19. The molecule has 0 saturated carbocycles. The Morgan fingerprint density at radius 3 is 2.13 bits per heavy atom. The quantitative estimate of drug-likeness (QED) is 0.121. The number of nitrogens with two attached hydrogens (primary N) is 1. The van der Waals surface area contributed by atoms with Gasteiger partial charge in [0.2, 0.25) is 17.7 Å². The van der Waals surface area contributed by atoms with E-state index in [2.05, 4.69) is 20.9 Å². The average Bonchev–Trinajstić information content (AvgIpc) is 3.26. The van der Waals surface area contributed by atoms with Crippen LogP contribution in [0.5, 0.6) is 0 Å². The van der Waals surface area contributed by atoms with E-state index < -0.39 is 78.7 Å². The molecule has 15 nitrogen and oxygen atoms in total. The molecule has 0 aliphatic rings. The first kappa shape index (κ1) is 30.7. The third-order valence-electron chi connectivity index (χ3n) is 5.79. The van der Waals surface area contributed by atoms with Gasteiger partial charge in [0.1, 0.15) is 18.1 Å². The number of amides is 3. The fourth-order valence-electron chi connectivity index (χ4n) is 3.71. The topological polar surface area (TPSA) is 261 Å². The molecule has 0 saturated heterocycles. The second-order valence-electron chi connectivity index (χ2n) is 8.89. The molecule has 0 fully saturated rings. The Morgan fingerprint density at radius 1 is 0.897 bits per heavy atom. The second-order valence-corrected chi connectivity index (χ2v) is 8.89. The predicted octanol–water partition coefficient (Wildman–Crippen LogP) is -1.70. The number of para-hydroxylation sites is 1. The minimum Gasteiger partial charge on any atom is -0.481 e. The van der Waals surface area contributed by atoms with E-state index in [9.17, 15) is 39.0 Å². The first-order valence-corrected chi connectivity index (χ1v) is 11.9. The molecule has 212 valence electrons. The Labute approximate surface area is 221 Å². The SMILES string of the molecule is CC(O)C(NC(=O)C(CC(=O)O)NC(=O)C(N)CCC(=O)O)C(=O)NC(Cc1c[nH]c2ccccc12)C(=O)O. The van der Waals surface area contributed by atoms with Gasteiger partial charge in [-0.2, -0.15) is 0 Å². The van der Waals surface area contributed by atoms with Gasteiger partial charge in [-0.15, -0.1) is 0 Å². The number of hydrogen-bond acceptors (Lipinski definition) is 8. The minimum atomic E-state index is -1.73. The Balaban J connectivity index is 2.14. The maximum absolute atomic E-state index is 12.9. The lowest BCUT2D eigenvalue weighted by Crippen LogP contribution is -2.60. The number of nitrogens with one attached hydrogen (secondary N) is 4. The number of aromatic amines is 1. The molecule has 2 aromatic rings. The van der Waals surface area contributed by atoms with Crippen LogP contribution in [0.4, 0.5) is 0 Å². The third kappa shape index (κ3) is 9.08. The van der Waals surface area contributed by atoms with Gasteiger partial charge in [0.25, 0.3) is 0 Å². The molecule has 1 aromatic carbocycles. The van der Waals surface area contributed by atoms with Crippen molar-refractivity contribution in [3.05, 3.63) is 36.0 Å².